The third-order valence-corrected chi connectivity index (χ3v) is 19.8. The predicted octanol–water partition coefficient (Wildman–Crippen LogP) is -1.64. The molecule has 12 atom stereocenters. The number of nitrogens with one attached hydrogen (secondary N) is 10. The van der Waals surface area contributed by atoms with E-state index in [-0.39, 0.29) is 76.6 Å². The molecule has 0 saturated carbocycles. The zero-order chi connectivity index (χ0) is 72.1. The Balaban J connectivity index is 1.45. The van der Waals surface area contributed by atoms with Crippen LogP contribution in [0.2, 0.25) is 0 Å². The number of benzene rings is 3. The lowest BCUT2D eigenvalue weighted by Crippen LogP contribution is -2.64. The molecule has 6 rings (SSSR count). The van der Waals surface area contributed by atoms with Crippen LogP contribution in [0.1, 0.15) is 96.3 Å². The fourth-order valence-corrected chi connectivity index (χ4v) is 13.9. The van der Waals surface area contributed by atoms with Crippen LogP contribution in [0.4, 0.5) is 0 Å². The molecule has 1 aromatic heterocycles. The van der Waals surface area contributed by atoms with Gasteiger partial charge in [-0.25, -0.2) is 4.79 Å². The molecule has 2 fully saturated rings. The highest BCUT2D eigenvalue weighted by Crippen LogP contribution is 2.39. The maximum absolute atomic E-state index is 15.5. The van der Waals surface area contributed by atoms with Crippen LogP contribution < -0.4 is 65.1 Å². The number of hydrogen-bond donors (Lipinski definition) is 17. The number of hydrogen-bond acceptors (Lipinski definition) is 19. The maximum Gasteiger partial charge on any atom is 0.326 e. The van der Waals surface area contributed by atoms with Crippen molar-refractivity contribution < 1.29 is 82.8 Å². The minimum absolute atomic E-state index is 0.0394. The number of phenols is 1. The van der Waals surface area contributed by atoms with Gasteiger partial charge in [0.15, 0.2) is 0 Å². The van der Waals surface area contributed by atoms with E-state index in [1.54, 1.807) is 60.8 Å². The molecular formula is C65H88N14O17S2. The number of para-hydroxylation sites is 1. The molecule has 98 heavy (non-hydrogen) atoms. The van der Waals surface area contributed by atoms with E-state index >= 15 is 14.4 Å². The number of nitrogens with two attached hydrogens (primary N) is 3. The van der Waals surface area contributed by atoms with Crippen molar-refractivity contribution in [2.45, 2.75) is 176 Å². The van der Waals surface area contributed by atoms with E-state index in [1.165, 1.54) is 58.9 Å². The molecule has 11 amide bonds. The normalized spacial score (nSPS) is 22.0. The van der Waals surface area contributed by atoms with Crippen LogP contribution in [0.25, 0.3) is 10.9 Å². The molecule has 3 aromatic carbocycles. The number of aliphatic hydroxyl groups excluding tert-OH is 1. The van der Waals surface area contributed by atoms with Crippen LogP contribution >= 0.6 is 21.6 Å². The van der Waals surface area contributed by atoms with Crippen LogP contribution in [0.5, 0.6) is 5.75 Å². The summed E-state index contributed by atoms with van der Waals surface area (Å²) in [5, 5.41) is 65.4. The number of fused-ring (bicyclic) bond motifs is 1. The summed E-state index contributed by atoms with van der Waals surface area (Å²) < 4.78 is -1.66. The second-order valence-corrected chi connectivity index (χ2v) is 28.0. The Morgan fingerprint density at radius 2 is 1.29 bits per heavy atom. The fraction of sp³-hybridized carbons (Fsp3) is 0.492. The smallest absolute Gasteiger partial charge is 0.326 e. The largest absolute Gasteiger partial charge is 0.508 e. The summed E-state index contributed by atoms with van der Waals surface area (Å²) in [7, 11) is 1.69. The van der Waals surface area contributed by atoms with Crippen molar-refractivity contribution in [3.63, 3.8) is 0 Å². The molecular weight excluding hydrogens is 1310 g/mol. The van der Waals surface area contributed by atoms with Gasteiger partial charge >= 0.3 is 11.9 Å². The monoisotopic (exact) mass is 1400 g/mol. The van der Waals surface area contributed by atoms with Gasteiger partial charge in [-0.05, 0) is 100 Å². The van der Waals surface area contributed by atoms with Gasteiger partial charge in [-0.1, -0.05) is 96.1 Å². The molecule has 0 spiro atoms. The van der Waals surface area contributed by atoms with Crippen molar-refractivity contribution in [3.8, 4) is 5.75 Å². The van der Waals surface area contributed by atoms with E-state index in [9.17, 15) is 68.4 Å². The molecule has 0 aliphatic carbocycles. The zero-order valence-corrected chi connectivity index (χ0v) is 56.5. The molecule has 0 bridgehead atoms. The van der Waals surface area contributed by atoms with Crippen LogP contribution in [0, 0.1) is 5.92 Å². The van der Waals surface area contributed by atoms with E-state index in [0.29, 0.717) is 27.6 Å². The first-order valence-corrected chi connectivity index (χ1v) is 34.3. The first-order chi connectivity index (χ1) is 46.4. The summed E-state index contributed by atoms with van der Waals surface area (Å²) in [6.07, 6.45) is -2.08. The molecule has 2 aliphatic rings. The number of carbonyl (C=O) groups excluding carboxylic acids is 11. The lowest BCUT2D eigenvalue weighted by molar-refractivity contribution is -0.145. The van der Waals surface area contributed by atoms with Crippen molar-refractivity contribution in [3.05, 3.63) is 102 Å². The number of likely N-dealkylation sites (tertiary alicyclic amines) is 1. The summed E-state index contributed by atoms with van der Waals surface area (Å²) >= 11 is 0. The van der Waals surface area contributed by atoms with Crippen molar-refractivity contribution in [2.75, 3.05) is 18.8 Å². The van der Waals surface area contributed by atoms with Crippen molar-refractivity contribution >= 4 is 109 Å². The number of rotatable bonds is 26. The number of primary amides is 1. The lowest BCUT2D eigenvalue weighted by atomic mass is 9.98. The average molecular weight is 1400 g/mol. The standard InChI is InChI=1S/C65H88N14O17S2/c1-33(2)51(64(95)96)76-60(91)47-32-97-98-65(4,5)53(78-59(90)46(30-50(83)84)73-61(92)48-18-12-26-79(48)63(94)52(34(3)80)77-54(85)40(67)23-24-49(68)82)62(93)74-44(27-35-13-7-6-8-14-35)56(87)72-45(29-37-31-69-41-16-10-9-15-39(37)41)58(89)70-42(17-11-25-66)55(86)71-43(57(88)75-47)28-36-19-21-38(81)22-20-36/h6-10,13-16,19-22,31,33-34,40,42-48,51-53,69,80-81H,11-12,17-18,23-30,32,66-67H2,1-5H3,(H2,68,82)(H,70,89)(H,71,86)(H,72,87)(H,73,92)(H,74,93)(H,75,88)(H,76,91)(H,77,85)(H,78,90)(H,83,84)(H,95,96)/t34-,40+,42+,43+,44+,45-,46+,47+,48+,51+,52+,53-/m1/s1. The van der Waals surface area contributed by atoms with Gasteiger partial charge in [0.05, 0.1) is 18.6 Å². The molecule has 0 radical (unpaired) electrons. The summed E-state index contributed by atoms with van der Waals surface area (Å²) in [4.78, 5) is 187. The van der Waals surface area contributed by atoms with Crippen molar-refractivity contribution in [2.24, 2.45) is 23.1 Å². The molecule has 4 aromatic rings. The summed E-state index contributed by atoms with van der Waals surface area (Å²) in [5.41, 5.74) is 19.2. The number of amides is 11. The van der Waals surface area contributed by atoms with Crippen LogP contribution in [0.15, 0.2) is 85.1 Å². The maximum atomic E-state index is 15.5. The summed E-state index contributed by atoms with van der Waals surface area (Å²) in [6, 6.07) is 3.54. The van der Waals surface area contributed by atoms with E-state index in [2.05, 4.69) is 52.8 Å². The van der Waals surface area contributed by atoms with Gasteiger partial charge in [-0.15, -0.1) is 0 Å². The van der Waals surface area contributed by atoms with Crippen molar-refractivity contribution in [1.82, 2.24) is 57.7 Å². The van der Waals surface area contributed by atoms with E-state index in [1.807, 2.05) is 0 Å². The van der Waals surface area contributed by atoms with E-state index in [4.69, 9.17) is 17.2 Å². The second kappa shape index (κ2) is 36.3. The molecule has 0 unspecified atom stereocenters. The molecule has 2 saturated heterocycles. The number of aromatic amines is 1. The number of carboxylic acids is 2. The lowest BCUT2D eigenvalue weighted by Gasteiger charge is -2.35. The van der Waals surface area contributed by atoms with Crippen LogP contribution in [0.3, 0.4) is 0 Å². The third-order valence-electron chi connectivity index (χ3n) is 16.5. The number of aromatic hydroxyl groups is 1. The van der Waals surface area contributed by atoms with Gasteiger partial charge in [0, 0.05) is 59.8 Å². The van der Waals surface area contributed by atoms with Crippen molar-refractivity contribution in [1.29, 1.82) is 0 Å². The minimum Gasteiger partial charge on any atom is -0.508 e. The number of carboxylic acid groups (broad SMARTS) is 2. The Hall–Kier alpha value is -9.31. The Labute approximate surface area is 572 Å². The Morgan fingerprint density at radius 1 is 0.704 bits per heavy atom. The Kier molecular flexibility index (Phi) is 28.8. The van der Waals surface area contributed by atoms with Gasteiger partial charge < -0.3 is 95.4 Å². The number of aliphatic hydroxyl groups is 1. The first kappa shape index (κ1) is 77.7. The Bertz CT molecular complexity index is 3520. The van der Waals surface area contributed by atoms with Gasteiger partial charge in [-0.3, -0.25) is 57.5 Å². The van der Waals surface area contributed by atoms with E-state index < -0.39 is 172 Å². The SMILES string of the molecule is CC(C)[C@H](NC(=O)[C@@H]1CSSC(C)(C)[C@H](NC(=O)[C@H](CC(=O)O)NC(=O)[C@@H]2CCCN2C(=O)[C@@H](NC(=O)[C@@H](N)CCC(N)=O)[C@@H](C)O)C(=O)N[C@@H](Cc2ccccc2)C(=O)N[C@H](Cc2c[nH]c3ccccc23)C(=O)N[C@@H](CCCN)C(=O)N[C@@H](Cc2ccc(O)cc2)C(=O)N1)C(=O)O. The highest BCUT2D eigenvalue weighted by molar-refractivity contribution is 8.77. The minimum atomic E-state index is -2.02. The van der Waals surface area contributed by atoms with Gasteiger partial charge in [0.25, 0.3) is 0 Å². The quantitative estimate of drug-likeness (QED) is 0.0313. The van der Waals surface area contributed by atoms with Crippen LogP contribution in [-0.4, -0.2) is 203 Å². The van der Waals surface area contributed by atoms with Gasteiger partial charge in [0.1, 0.15) is 66.2 Å². The average Bonchev–Trinajstić information content (AvgIpc) is 1.81. The van der Waals surface area contributed by atoms with Gasteiger partial charge in [-0.2, -0.15) is 0 Å². The molecule has 31 nitrogen and oxygen atoms in total. The summed E-state index contributed by atoms with van der Waals surface area (Å²) in [6.45, 7) is 7.11. The zero-order valence-electron chi connectivity index (χ0n) is 54.9. The number of phenolic OH excluding ortho intramolecular Hbond substituents is 1. The van der Waals surface area contributed by atoms with Crippen LogP contribution in [-0.2, 0) is 81.6 Å². The summed E-state index contributed by atoms with van der Waals surface area (Å²) in [5.74, 6) is -15.0. The highest BCUT2D eigenvalue weighted by atomic mass is 33.1. The number of nitrogens with zero attached hydrogens (tertiary/aromatic N) is 1. The topological polar surface area (TPSA) is 508 Å². The number of H-pyrrole nitrogens is 1. The van der Waals surface area contributed by atoms with Gasteiger partial charge in [0.2, 0.25) is 65.0 Å². The Morgan fingerprint density at radius 3 is 1.89 bits per heavy atom. The first-order valence-electron chi connectivity index (χ1n) is 32.0. The second-order valence-electron chi connectivity index (χ2n) is 25.0. The van der Waals surface area contributed by atoms with E-state index in [0.717, 1.165) is 26.5 Å². The molecule has 2 aliphatic heterocycles. The molecule has 532 valence electrons. The molecule has 20 N–H and O–H groups in total. The molecule has 33 heteroatoms. The highest BCUT2D eigenvalue weighted by Gasteiger charge is 2.45. The predicted molar refractivity (Wildman–Crippen MR) is 361 cm³/mol. The fourth-order valence-electron chi connectivity index (χ4n) is 11.1. The molecule has 3 heterocycles. The number of aromatic nitrogens is 1. The third kappa shape index (κ3) is 22.4. The number of aliphatic carboxylic acids is 2. The number of carbonyl (C=O) groups is 13.